The molecule has 244 valence electrons. The van der Waals surface area contributed by atoms with Gasteiger partial charge in [-0.15, -0.1) is 0 Å². The summed E-state index contributed by atoms with van der Waals surface area (Å²) in [6, 6.07) is 9.07. The van der Waals surface area contributed by atoms with Gasteiger partial charge in [0.15, 0.2) is 0 Å². The Labute approximate surface area is 262 Å². The average molecular weight is 635 g/mol. The molecule has 0 atom stereocenters. The van der Waals surface area contributed by atoms with Gasteiger partial charge in [-0.2, -0.15) is 0 Å². The van der Waals surface area contributed by atoms with E-state index in [1.165, 1.54) is 0 Å². The predicted molar refractivity (Wildman–Crippen MR) is 181 cm³/mol. The van der Waals surface area contributed by atoms with Crippen LogP contribution in [-0.2, 0) is 11.0 Å². The topological polar surface area (TPSA) is 116 Å². The van der Waals surface area contributed by atoms with Gasteiger partial charge in [-0.3, -0.25) is 4.79 Å². The highest BCUT2D eigenvalue weighted by molar-refractivity contribution is 6.78. The van der Waals surface area contributed by atoms with Crippen LogP contribution in [0, 0.1) is 0 Å². The third-order valence-electron chi connectivity index (χ3n) is 9.32. The first-order valence-corrected chi connectivity index (χ1v) is 20.0. The van der Waals surface area contributed by atoms with Crippen molar-refractivity contribution in [3.63, 3.8) is 0 Å². The number of amides is 1. The molecule has 0 spiro atoms. The maximum Gasteiger partial charge on any atom is 0.265 e. The first-order valence-electron chi connectivity index (χ1n) is 15.7. The molecule has 1 amide bonds. The number of carbonyl (C=O) groups excluding carboxylic acids is 1. The molecule has 0 bridgehead atoms. The van der Waals surface area contributed by atoms with Gasteiger partial charge in [0.1, 0.15) is 17.2 Å². The molecule has 4 N–H and O–H groups in total. The summed E-state index contributed by atoms with van der Waals surface area (Å²) in [4.78, 5) is 12.5. The number of hydrogen-bond acceptors (Lipinski definition) is 6. The van der Waals surface area contributed by atoms with Crippen molar-refractivity contribution in [2.45, 2.75) is 129 Å². The lowest BCUT2D eigenvalue weighted by Gasteiger charge is -2.43. The van der Waals surface area contributed by atoms with Gasteiger partial charge in [-0.05, 0) is 57.5 Å². The Hall–Kier alpha value is -2.12. The summed E-state index contributed by atoms with van der Waals surface area (Å²) in [5, 5.41) is 22.6. The summed E-state index contributed by atoms with van der Waals surface area (Å²) in [5.74, 6) is -1.62. The fraction of sp³-hybridized carbons (Fsp3) is 0.667. The van der Waals surface area contributed by atoms with Gasteiger partial charge in [-0.1, -0.05) is 83.1 Å². The first-order chi connectivity index (χ1) is 19.8. The van der Waals surface area contributed by atoms with Crippen molar-refractivity contribution in [2.24, 2.45) is 5.73 Å². The maximum atomic E-state index is 12.5. The number of nitrogens with two attached hydrogens (primary N) is 1. The largest absolute Gasteiger partial charge is 0.543 e. The van der Waals surface area contributed by atoms with Gasteiger partial charge < -0.3 is 34.1 Å². The van der Waals surface area contributed by atoms with Gasteiger partial charge in [0.05, 0.1) is 20.3 Å². The number of carbonyl (C=O) groups is 1. The van der Waals surface area contributed by atoms with Crippen LogP contribution in [-0.4, -0.2) is 56.8 Å². The predicted octanol–water partition coefficient (Wildman–Crippen LogP) is 7.69. The van der Waals surface area contributed by atoms with Crippen molar-refractivity contribution >= 4 is 22.5 Å². The molecule has 8 nitrogen and oxygen atoms in total. The monoisotopic (exact) mass is 634 g/mol. The Bertz CT molecular complexity index is 1180. The minimum Gasteiger partial charge on any atom is -0.543 e. The third kappa shape index (κ3) is 7.76. The molecule has 2 aromatic rings. The smallest absolute Gasteiger partial charge is 0.265 e. The highest BCUT2D eigenvalue weighted by Crippen LogP contribution is 2.45. The van der Waals surface area contributed by atoms with Gasteiger partial charge in [0, 0.05) is 17.3 Å². The second kappa shape index (κ2) is 14.3. The lowest BCUT2D eigenvalue weighted by molar-refractivity contribution is -0.192. The van der Waals surface area contributed by atoms with Crippen LogP contribution in [0.25, 0.3) is 11.3 Å². The molecule has 1 aromatic heterocycles. The van der Waals surface area contributed by atoms with Gasteiger partial charge in [-0.25, -0.2) is 0 Å². The van der Waals surface area contributed by atoms with E-state index in [1.54, 1.807) is 23.8 Å². The number of methoxy groups -OCH3 is 1. The lowest BCUT2D eigenvalue weighted by Crippen LogP contribution is -2.52. The van der Waals surface area contributed by atoms with Crippen LogP contribution in [0.4, 0.5) is 0 Å². The summed E-state index contributed by atoms with van der Waals surface area (Å²) >= 11 is 0. The molecule has 2 rings (SSSR count). The fourth-order valence-electron chi connectivity index (χ4n) is 7.60. The number of aliphatic hydroxyl groups is 2. The molecule has 0 aliphatic carbocycles. The third-order valence-corrected chi connectivity index (χ3v) is 21.4. The number of aromatic nitrogens is 1. The highest BCUT2D eigenvalue weighted by atomic mass is 28.4. The van der Waals surface area contributed by atoms with Crippen LogP contribution in [0.5, 0.6) is 11.5 Å². The molecule has 0 saturated heterocycles. The second-order valence-corrected chi connectivity index (χ2v) is 24.8. The minimum atomic E-state index is -2.37. The molecule has 0 aliphatic heterocycles. The Morgan fingerprint density at radius 1 is 0.791 bits per heavy atom. The summed E-state index contributed by atoms with van der Waals surface area (Å²) < 4.78 is 20.7. The van der Waals surface area contributed by atoms with Crippen LogP contribution in [0.2, 0.25) is 33.2 Å². The molecular formula is C33H58N2O6Si2. The van der Waals surface area contributed by atoms with E-state index in [1.807, 2.05) is 18.2 Å². The van der Waals surface area contributed by atoms with E-state index in [0.29, 0.717) is 39.4 Å². The van der Waals surface area contributed by atoms with Crippen LogP contribution >= 0.6 is 0 Å². The Kier molecular flexibility index (Phi) is 12.3. The van der Waals surface area contributed by atoms with Crippen LogP contribution in [0.3, 0.4) is 0 Å². The summed E-state index contributed by atoms with van der Waals surface area (Å²) in [6.07, 6.45) is 0. The highest BCUT2D eigenvalue weighted by Gasteiger charge is 2.48. The first kappa shape index (κ1) is 37.1. The second-order valence-electron chi connectivity index (χ2n) is 14.0. The number of primary amides is 1. The van der Waals surface area contributed by atoms with Crippen LogP contribution in [0.15, 0.2) is 30.3 Å². The zero-order valence-electron chi connectivity index (χ0n) is 28.8. The molecule has 0 saturated carbocycles. The van der Waals surface area contributed by atoms with Gasteiger partial charge >= 0.3 is 0 Å². The fourth-order valence-corrected chi connectivity index (χ4v) is 18.3. The van der Waals surface area contributed by atoms with E-state index < -0.39 is 28.3 Å². The van der Waals surface area contributed by atoms with Crippen LogP contribution in [0.1, 0.15) is 93.6 Å². The zero-order chi connectivity index (χ0) is 33.1. The molecule has 10 heteroatoms. The van der Waals surface area contributed by atoms with Crippen molar-refractivity contribution in [2.75, 3.05) is 13.7 Å². The summed E-state index contributed by atoms with van der Waals surface area (Å²) in [7, 11) is -3.05. The SMILES string of the molecule is COc1cc(O[Si](C(C)C)(C(C)C)C(C)C)cc(-c2ccc(C(N)=O)n2CC(O)(O)CO[Si](C(C)C)(C(C)C)C(C)C)c1. The lowest BCUT2D eigenvalue weighted by atomic mass is 10.1. The maximum absolute atomic E-state index is 12.5. The Balaban J connectivity index is 2.61. The van der Waals surface area contributed by atoms with E-state index in [4.69, 9.17) is 19.3 Å². The number of benzene rings is 1. The van der Waals surface area contributed by atoms with E-state index >= 15 is 0 Å². The standard InChI is InChI=1S/C33H58N2O6Si2/c1-21(2)42(22(3)4,23(5)6)40-20-33(37,38)19-35-30(14-15-31(35)32(34)36)27-16-28(39-13)18-29(17-27)41-43(24(7)8,25(9)10)26(11)12/h14-18,21-26,37-38H,19-20H2,1-13H3,(H2,34,36). The normalized spacial score (nSPS) is 13.3. The molecular weight excluding hydrogens is 577 g/mol. The molecule has 1 heterocycles. The van der Waals surface area contributed by atoms with E-state index in [0.717, 1.165) is 0 Å². The molecule has 43 heavy (non-hydrogen) atoms. The van der Waals surface area contributed by atoms with E-state index in [2.05, 4.69) is 83.1 Å². The van der Waals surface area contributed by atoms with Crippen LogP contribution < -0.4 is 14.9 Å². The van der Waals surface area contributed by atoms with Gasteiger partial charge in [0.2, 0.25) is 14.1 Å². The van der Waals surface area contributed by atoms with E-state index in [9.17, 15) is 15.0 Å². The number of rotatable bonds is 16. The molecule has 1 aromatic carbocycles. The number of nitrogens with zero attached hydrogens (tertiary/aromatic N) is 1. The molecule has 0 radical (unpaired) electrons. The summed E-state index contributed by atoms with van der Waals surface area (Å²) in [6.45, 7) is 25.7. The summed E-state index contributed by atoms with van der Waals surface area (Å²) in [5.41, 5.74) is 9.19. The quantitative estimate of drug-likeness (QED) is 0.129. The Morgan fingerprint density at radius 3 is 1.67 bits per heavy atom. The van der Waals surface area contributed by atoms with Crippen molar-refractivity contribution in [1.82, 2.24) is 4.57 Å². The van der Waals surface area contributed by atoms with Crippen molar-refractivity contribution in [1.29, 1.82) is 0 Å². The van der Waals surface area contributed by atoms with Crippen molar-refractivity contribution in [3.05, 3.63) is 36.0 Å². The van der Waals surface area contributed by atoms with E-state index in [-0.39, 0.29) is 35.5 Å². The average Bonchev–Trinajstić information content (AvgIpc) is 3.29. The number of ether oxygens (including phenoxy) is 1. The number of hydrogen-bond donors (Lipinski definition) is 3. The van der Waals surface area contributed by atoms with Gasteiger partial charge in [0.25, 0.3) is 14.2 Å². The van der Waals surface area contributed by atoms with Crippen molar-refractivity contribution < 1.29 is 28.6 Å². The minimum absolute atomic E-state index is 0.170. The molecule has 0 unspecified atom stereocenters. The molecule has 0 fully saturated rings. The Morgan fingerprint density at radius 2 is 1.26 bits per heavy atom. The zero-order valence-corrected chi connectivity index (χ0v) is 30.8. The van der Waals surface area contributed by atoms with Crippen molar-refractivity contribution in [3.8, 4) is 22.8 Å². The molecule has 0 aliphatic rings.